The van der Waals surface area contributed by atoms with Crippen molar-refractivity contribution in [2.24, 2.45) is 0 Å². The second-order valence-electron chi connectivity index (χ2n) is 6.11. The minimum absolute atomic E-state index is 0. The number of benzene rings is 2. The van der Waals surface area contributed by atoms with E-state index < -0.39 is 15.5 Å². The summed E-state index contributed by atoms with van der Waals surface area (Å²) in [4.78, 5) is 2.04. The second-order valence-corrected chi connectivity index (χ2v) is 8.03. The van der Waals surface area contributed by atoms with E-state index >= 15 is 0 Å². The van der Waals surface area contributed by atoms with Crippen LogP contribution in [0.15, 0.2) is 54.6 Å². The third-order valence-electron chi connectivity index (χ3n) is 3.97. The van der Waals surface area contributed by atoms with Crippen LogP contribution in [-0.2, 0) is 10.0 Å². The van der Waals surface area contributed by atoms with E-state index in [0.717, 1.165) is 13.0 Å². The van der Waals surface area contributed by atoms with Crippen LogP contribution in [0.4, 0.5) is 11.4 Å². The van der Waals surface area contributed by atoms with Crippen LogP contribution in [0.1, 0.15) is 12.8 Å². The van der Waals surface area contributed by atoms with Crippen molar-refractivity contribution < 1.29 is 13.2 Å². The lowest BCUT2D eigenvalue weighted by Crippen LogP contribution is -2.43. The van der Waals surface area contributed by atoms with Gasteiger partial charge in [-0.2, -0.15) is 0 Å². The third kappa shape index (κ3) is 4.08. The molecular formula is C18H23ClN2O3S. The topological polar surface area (TPSA) is 49.9 Å². The molecule has 0 bridgehead atoms. The molecule has 2 aromatic rings. The molecule has 7 heteroatoms. The van der Waals surface area contributed by atoms with Crippen molar-refractivity contribution in [1.82, 2.24) is 4.90 Å². The average Bonchev–Trinajstić information content (AvgIpc) is 2.55. The first kappa shape index (κ1) is 19.6. The van der Waals surface area contributed by atoms with Gasteiger partial charge >= 0.3 is 0 Å². The van der Waals surface area contributed by atoms with Gasteiger partial charge in [-0.15, -0.1) is 12.4 Å². The number of fused-ring (bicyclic) bond motifs is 1. The van der Waals surface area contributed by atoms with Crippen LogP contribution >= 0.6 is 12.4 Å². The Balaban J connectivity index is 0.00000225. The lowest BCUT2D eigenvalue weighted by Gasteiger charge is -2.35. The van der Waals surface area contributed by atoms with E-state index in [1.165, 1.54) is 4.31 Å². The van der Waals surface area contributed by atoms with Gasteiger partial charge in [0.1, 0.15) is 5.75 Å². The molecule has 2 aromatic carbocycles. The number of rotatable bonds is 5. The Hall–Kier alpha value is -1.76. The summed E-state index contributed by atoms with van der Waals surface area (Å²) in [5.74, 6) is 0.603. The van der Waals surface area contributed by atoms with Crippen LogP contribution in [0.2, 0.25) is 0 Å². The van der Waals surface area contributed by atoms with Gasteiger partial charge in [0, 0.05) is 6.42 Å². The first-order valence-electron chi connectivity index (χ1n) is 8.00. The number of para-hydroxylation sites is 3. The van der Waals surface area contributed by atoms with Gasteiger partial charge in [-0.1, -0.05) is 30.3 Å². The van der Waals surface area contributed by atoms with Crippen LogP contribution in [0.5, 0.6) is 5.75 Å². The Morgan fingerprint density at radius 2 is 1.68 bits per heavy atom. The minimum atomic E-state index is -3.64. The molecule has 0 saturated heterocycles. The summed E-state index contributed by atoms with van der Waals surface area (Å²) in [7, 11) is 0.312. The van der Waals surface area contributed by atoms with Crippen LogP contribution in [0.25, 0.3) is 0 Å². The van der Waals surface area contributed by atoms with Gasteiger partial charge in [-0.05, 0) is 51.3 Å². The normalized spacial score (nSPS) is 18.2. The van der Waals surface area contributed by atoms with Gasteiger partial charge in [0.2, 0.25) is 5.44 Å². The van der Waals surface area contributed by atoms with Crippen molar-refractivity contribution in [3.8, 4) is 5.75 Å². The molecule has 136 valence electrons. The molecule has 0 fully saturated rings. The van der Waals surface area contributed by atoms with Crippen LogP contribution in [0.3, 0.4) is 0 Å². The maximum Gasteiger partial charge on any atom is 0.277 e. The van der Waals surface area contributed by atoms with Gasteiger partial charge in [-0.3, -0.25) is 0 Å². The molecule has 0 aliphatic carbocycles. The zero-order valence-electron chi connectivity index (χ0n) is 14.3. The van der Waals surface area contributed by atoms with Crippen LogP contribution in [-0.4, -0.2) is 39.4 Å². The standard InChI is InChI=1S/C18H22N2O3S.ClH/c1-19(2)14-8-13-18-23-17-12-7-6-11-16(17)20(24(18,21)22)15-9-4-3-5-10-15;/h3-7,9-12,18H,8,13-14H2,1-2H3;1H. The van der Waals surface area contributed by atoms with Gasteiger partial charge in [0.15, 0.2) is 0 Å². The molecule has 3 rings (SSSR count). The fourth-order valence-electron chi connectivity index (χ4n) is 2.81. The number of hydrogen-bond acceptors (Lipinski definition) is 4. The smallest absolute Gasteiger partial charge is 0.277 e. The molecule has 1 atom stereocenters. The molecule has 0 radical (unpaired) electrons. The highest BCUT2D eigenvalue weighted by molar-refractivity contribution is 7.93. The van der Waals surface area contributed by atoms with Crippen molar-refractivity contribution in [1.29, 1.82) is 0 Å². The number of hydrogen-bond donors (Lipinski definition) is 0. The maximum absolute atomic E-state index is 13.1. The Labute approximate surface area is 155 Å². The summed E-state index contributed by atoms with van der Waals surface area (Å²) in [6.45, 7) is 0.822. The fourth-order valence-corrected chi connectivity index (χ4v) is 4.58. The predicted molar refractivity (Wildman–Crippen MR) is 103 cm³/mol. The summed E-state index contributed by atoms with van der Waals surface area (Å²) in [5.41, 5.74) is 0.325. The van der Waals surface area contributed by atoms with Crippen molar-refractivity contribution in [3.63, 3.8) is 0 Å². The molecule has 1 heterocycles. The molecule has 1 aliphatic heterocycles. The van der Waals surface area contributed by atoms with E-state index in [9.17, 15) is 8.42 Å². The summed E-state index contributed by atoms with van der Waals surface area (Å²) in [6, 6.07) is 16.4. The second kappa shape index (κ2) is 8.08. The van der Waals surface area contributed by atoms with Gasteiger partial charge in [0.25, 0.3) is 10.0 Å². The molecule has 25 heavy (non-hydrogen) atoms. The summed E-state index contributed by atoms with van der Waals surface area (Å²) >= 11 is 0. The number of nitrogens with zero attached hydrogens (tertiary/aromatic N) is 2. The predicted octanol–water partition coefficient (Wildman–Crippen LogP) is 3.64. The molecule has 1 unspecified atom stereocenters. The van der Waals surface area contributed by atoms with Crippen molar-refractivity contribution in [2.75, 3.05) is 24.9 Å². The number of ether oxygens (including phenoxy) is 1. The first-order valence-corrected chi connectivity index (χ1v) is 9.50. The molecule has 1 aliphatic rings. The number of sulfonamides is 1. The summed E-state index contributed by atoms with van der Waals surface area (Å²) < 4.78 is 33.5. The molecule has 0 saturated carbocycles. The highest BCUT2D eigenvalue weighted by Gasteiger charge is 2.40. The molecule has 0 amide bonds. The Kier molecular flexibility index (Phi) is 6.32. The first-order chi connectivity index (χ1) is 11.5. The quantitative estimate of drug-likeness (QED) is 0.792. The molecular weight excluding hydrogens is 360 g/mol. The highest BCUT2D eigenvalue weighted by atomic mass is 35.5. The van der Waals surface area contributed by atoms with Crippen molar-refractivity contribution in [2.45, 2.75) is 18.3 Å². The molecule has 0 N–H and O–H groups in total. The summed E-state index contributed by atoms with van der Waals surface area (Å²) in [5, 5.41) is 0. The minimum Gasteiger partial charge on any atom is -0.470 e. The molecule has 5 nitrogen and oxygen atoms in total. The lowest BCUT2D eigenvalue weighted by atomic mass is 10.2. The van der Waals surface area contributed by atoms with Gasteiger partial charge < -0.3 is 9.64 Å². The monoisotopic (exact) mass is 382 g/mol. The third-order valence-corrected chi connectivity index (χ3v) is 5.88. The van der Waals surface area contributed by atoms with Crippen LogP contribution < -0.4 is 9.04 Å². The van der Waals surface area contributed by atoms with Crippen LogP contribution in [0, 0.1) is 0 Å². The van der Waals surface area contributed by atoms with Crippen molar-refractivity contribution in [3.05, 3.63) is 54.6 Å². The Morgan fingerprint density at radius 3 is 2.36 bits per heavy atom. The van der Waals surface area contributed by atoms with E-state index in [2.05, 4.69) is 0 Å². The lowest BCUT2D eigenvalue weighted by molar-refractivity contribution is 0.246. The van der Waals surface area contributed by atoms with E-state index in [1.54, 1.807) is 18.2 Å². The zero-order chi connectivity index (χ0) is 17.2. The van der Waals surface area contributed by atoms with E-state index in [1.807, 2.05) is 55.4 Å². The number of anilines is 2. The number of halogens is 1. The van der Waals surface area contributed by atoms with E-state index in [0.29, 0.717) is 23.5 Å². The Morgan fingerprint density at radius 1 is 1.04 bits per heavy atom. The van der Waals surface area contributed by atoms with Gasteiger partial charge in [-0.25, -0.2) is 12.7 Å². The van der Waals surface area contributed by atoms with Gasteiger partial charge in [0.05, 0.1) is 11.4 Å². The highest BCUT2D eigenvalue weighted by Crippen LogP contribution is 2.42. The Bertz CT molecular complexity index is 797. The fraction of sp³-hybridized carbons (Fsp3) is 0.333. The SMILES string of the molecule is CN(C)CCCC1Oc2ccccc2N(c2ccccc2)S1(=O)=O.Cl. The zero-order valence-corrected chi connectivity index (χ0v) is 16.0. The largest absolute Gasteiger partial charge is 0.470 e. The molecule has 0 spiro atoms. The summed E-state index contributed by atoms with van der Waals surface area (Å²) in [6.07, 6.45) is 1.21. The van der Waals surface area contributed by atoms with E-state index in [-0.39, 0.29) is 12.4 Å². The van der Waals surface area contributed by atoms with Crippen molar-refractivity contribution >= 4 is 33.8 Å². The average molecular weight is 383 g/mol. The van der Waals surface area contributed by atoms with E-state index in [4.69, 9.17) is 4.74 Å². The maximum atomic E-state index is 13.1. The molecule has 0 aromatic heterocycles.